The lowest BCUT2D eigenvalue weighted by Crippen LogP contribution is -2.48. The van der Waals surface area contributed by atoms with E-state index in [9.17, 15) is 4.79 Å². The molecular weight excluding hydrogens is 470 g/mol. The predicted octanol–water partition coefficient (Wildman–Crippen LogP) is 4.61. The Bertz CT molecular complexity index is 1460. The molecule has 37 heavy (non-hydrogen) atoms. The summed E-state index contributed by atoms with van der Waals surface area (Å²) in [5.74, 6) is 2.88. The summed E-state index contributed by atoms with van der Waals surface area (Å²) < 4.78 is 21.7. The molecule has 3 aromatic carbocycles. The van der Waals surface area contributed by atoms with Gasteiger partial charge in [-0.05, 0) is 66.7 Å². The van der Waals surface area contributed by atoms with Gasteiger partial charge in [-0.3, -0.25) is 4.79 Å². The lowest BCUT2D eigenvalue weighted by Gasteiger charge is -2.36. The zero-order valence-corrected chi connectivity index (χ0v) is 20.8. The number of ether oxygens (including phenoxy) is 4. The molecule has 1 saturated heterocycles. The molecule has 2 aliphatic heterocycles. The first-order chi connectivity index (χ1) is 18.1. The van der Waals surface area contributed by atoms with E-state index < -0.39 is 0 Å². The number of amides is 1. The van der Waals surface area contributed by atoms with E-state index >= 15 is 0 Å². The first-order valence-electron chi connectivity index (χ1n) is 12.2. The van der Waals surface area contributed by atoms with Crippen molar-refractivity contribution < 1.29 is 23.7 Å². The molecule has 2 aliphatic rings. The topological polar surface area (TPSA) is 73.4 Å². The molecule has 188 valence electrons. The van der Waals surface area contributed by atoms with Crippen molar-refractivity contribution in [3.05, 3.63) is 72.3 Å². The smallest absolute Gasteiger partial charge is 0.254 e. The molecule has 0 bridgehead atoms. The summed E-state index contributed by atoms with van der Waals surface area (Å²) in [6.45, 7) is 2.95. The number of hydrogen-bond donors (Lipinski definition) is 0. The van der Waals surface area contributed by atoms with Crippen LogP contribution in [0.15, 0.2) is 66.7 Å². The maximum Gasteiger partial charge on any atom is 0.254 e. The van der Waals surface area contributed by atoms with Crippen molar-refractivity contribution in [2.75, 3.05) is 52.1 Å². The lowest BCUT2D eigenvalue weighted by atomic mass is 10.0. The van der Waals surface area contributed by atoms with Gasteiger partial charge in [0.25, 0.3) is 5.91 Å². The number of methoxy groups -OCH3 is 2. The Morgan fingerprint density at radius 3 is 2.30 bits per heavy atom. The number of aromatic nitrogens is 1. The van der Waals surface area contributed by atoms with Crippen LogP contribution < -0.4 is 23.8 Å². The zero-order valence-electron chi connectivity index (χ0n) is 20.8. The van der Waals surface area contributed by atoms with Crippen molar-refractivity contribution in [1.29, 1.82) is 0 Å². The number of benzene rings is 3. The molecule has 4 aromatic rings. The van der Waals surface area contributed by atoms with Crippen molar-refractivity contribution in [3.8, 4) is 34.3 Å². The molecule has 8 nitrogen and oxygen atoms in total. The number of nitrogens with zero attached hydrogens (tertiary/aromatic N) is 3. The third kappa shape index (κ3) is 4.35. The molecule has 3 heterocycles. The summed E-state index contributed by atoms with van der Waals surface area (Å²) >= 11 is 0. The van der Waals surface area contributed by atoms with Gasteiger partial charge < -0.3 is 28.7 Å². The second-order valence-corrected chi connectivity index (χ2v) is 8.98. The van der Waals surface area contributed by atoms with E-state index in [1.165, 1.54) is 0 Å². The molecule has 1 amide bonds. The Kier molecular flexibility index (Phi) is 5.92. The summed E-state index contributed by atoms with van der Waals surface area (Å²) in [6, 6.07) is 21.2. The van der Waals surface area contributed by atoms with Crippen LogP contribution in [-0.2, 0) is 0 Å². The number of carbonyl (C=O) groups excluding carboxylic acids is 1. The molecule has 0 aliphatic carbocycles. The van der Waals surface area contributed by atoms with Crippen molar-refractivity contribution in [2.24, 2.45) is 0 Å². The fourth-order valence-corrected chi connectivity index (χ4v) is 4.84. The van der Waals surface area contributed by atoms with Crippen molar-refractivity contribution in [2.45, 2.75) is 0 Å². The van der Waals surface area contributed by atoms with Crippen LogP contribution >= 0.6 is 0 Å². The maximum absolute atomic E-state index is 13.9. The molecule has 1 aromatic heterocycles. The number of pyridine rings is 1. The van der Waals surface area contributed by atoms with Gasteiger partial charge in [-0.15, -0.1) is 0 Å². The summed E-state index contributed by atoms with van der Waals surface area (Å²) in [5.41, 5.74) is 4.03. The largest absolute Gasteiger partial charge is 0.497 e. The molecular formula is C29H27N3O5. The highest BCUT2D eigenvalue weighted by Crippen LogP contribution is 2.37. The van der Waals surface area contributed by atoms with Crippen LogP contribution in [0.4, 0.5) is 5.69 Å². The van der Waals surface area contributed by atoms with Gasteiger partial charge in [-0.1, -0.05) is 0 Å². The monoisotopic (exact) mass is 497 g/mol. The van der Waals surface area contributed by atoms with Crippen LogP contribution in [0.3, 0.4) is 0 Å². The Balaban J connectivity index is 1.31. The standard InChI is InChI=1S/C29H27N3O5/c1-34-21-6-4-20(5-7-21)31-11-13-32(14-12-31)29(33)24-17-26(19-3-10-27-28(15-19)37-18-36-27)30-25-9-8-22(35-2)16-23(24)25/h3-10,15-17H,11-14,18H2,1-2H3. The van der Waals surface area contributed by atoms with Crippen LogP contribution in [0.1, 0.15) is 10.4 Å². The summed E-state index contributed by atoms with van der Waals surface area (Å²) in [7, 11) is 3.28. The molecule has 0 spiro atoms. The minimum Gasteiger partial charge on any atom is -0.497 e. The second kappa shape index (κ2) is 9.54. The van der Waals surface area contributed by atoms with E-state index in [0.29, 0.717) is 41.6 Å². The van der Waals surface area contributed by atoms with Crippen LogP contribution in [-0.4, -0.2) is 63.0 Å². The van der Waals surface area contributed by atoms with Gasteiger partial charge >= 0.3 is 0 Å². The van der Waals surface area contributed by atoms with Crippen molar-refractivity contribution in [1.82, 2.24) is 9.88 Å². The highest BCUT2D eigenvalue weighted by molar-refractivity contribution is 6.07. The Labute approximate surface area is 214 Å². The van der Waals surface area contributed by atoms with Gasteiger partial charge in [-0.2, -0.15) is 0 Å². The number of rotatable bonds is 5. The zero-order chi connectivity index (χ0) is 25.4. The van der Waals surface area contributed by atoms with Gasteiger partial charge in [0, 0.05) is 42.8 Å². The Hall–Kier alpha value is -4.46. The second-order valence-electron chi connectivity index (χ2n) is 8.98. The fraction of sp³-hybridized carbons (Fsp3) is 0.241. The SMILES string of the molecule is COc1ccc(N2CCN(C(=O)c3cc(-c4ccc5c(c4)OCO5)nc4ccc(OC)cc34)CC2)cc1. The minimum atomic E-state index is -0.0166. The Morgan fingerprint density at radius 1 is 0.811 bits per heavy atom. The first kappa shape index (κ1) is 23.0. The number of anilines is 1. The molecule has 8 heteroatoms. The van der Waals surface area contributed by atoms with Crippen molar-refractivity contribution >= 4 is 22.5 Å². The molecule has 0 saturated carbocycles. The molecule has 0 atom stereocenters. The number of piperazine rings is 1. The number of fused-ring (bicyclic) bond motifs is 2. The minimum absolute atomic E-state index is 0.0166. The highest BCUT2D eigenvalue weighted by atomic mass is 16.7. The molecule has 6 rings (SSSR count). The first-order valence-corrected chi connectivity index (χ1v) is 12.2. The molecule has 0 unspecified atom stereocenters. The highest BCUT2D eigenvalue weighted by Gasteiger charge is 2.25. The number of carbonyl (C=O) groups is 1. The average molecular weight is 498 g/mol. The van der Waals surface area contributed by atoms with Gasteiger partial charge in [-0.25, -0.2) is 4.98 Å². The average Bonchev–Trinajstić information content (AvgIpc) is 3.44. The van der Waals surface area contributed by atoms with Crippen LogP contribution in [0, 0.1) is 0 Å². The van der Waals surface area contributed by atoms with E-state index in [1.54, 1.807) is 14.2 Å². The lowest BCUT2D eigenvalue weighted by molar-refractivity contribution is 0.0748. The third-order valence-corrected chi connectivity index (χ3v) is 6.92. The van der Waals surface area contributed by atoms with E-state index in [2.05, 4.69) is 17.0 Å². The summed E-state index contributed by atoms with van der Waals surface area (Å²) in [6.07, 6.45) is 0. The third-order valence-electron chi connectivity index (χ3n) is 6.92. The van der Waals surface area contributed by atoms with Crippen molar-refractivity contribution in [3.63, 3.8) is 0 Å². The van der Waals surface area contributed by atoms with Gasteiger partial charge in [0.15, 0.2) is 11.5 Å². The maximum atomic E-state index is 13.9. The van der Waals surface area contributed by atoms with E-state index in [-0.39, 0.29) is 12.7 Å². The molecule has 1 fully saturated rings. The van der Waals surface area contributed by atoms with Gasteiger partial charge in [0.05, 0.1) is 31.0 Å². The van der Waals surface area contributed by atoms with Gasteiger partial charge in [0.1, 0.15) is 11.5 Å². The molecule has 0 radical (unpaired) electrons. The van der Waals surface area contributed by atoms with E-state index in [0.717, 1.165) is 41.0 Å². The van der Waals surface area contributed by atoms with E-state index in [4.69, 9.17) is 23.9 Å². The van der Waals surface area contributed by atoms with Gasteiger partial charge in [0.2, 0.25) is 6.79 Å². The predicted molar refractivity (Wildman–Crippen MR) is 141 cm³/mol. The van der Waals surface area contributed by atoms with E-state index in [1.807, 2.05) is 59.5 Å². The quantitative estimate of drug-likeness (QED) is 0.399. The fourth-order valence-electron chi connectivity index (χ4n) is 4.84. The van der Waals surface area contributed by atoms with Crippen LogP contribution in [0.2, 0.25) is 0 Å². The molecule has 0 N–H and O–H groups in total. The summed E-state index contributed by atoms with van der Waals surface area (Å²) in [4.78, 5) is 22.9. The Morgan fingerprint density at radius 2 is 1.54 bits per heavy atom. The number of hydrogen-bond acceptors (Lipinski definition) is 7. The summed E-state index contributed by atoms with van der Waals surface area (Å²) in [5, 5.41) is 0.770. The van der Waals surface area contributed by atoms with Crippen LogP contribution in [0.5, 0.6) is 23.0 Å². The normalized spacial score (nSPS) is 14.6. The van der Waals surface area contributed by atoms with Crippen LogP contribution in [0.25, 0.3) is 22.2 Å².